The number of hydrogen-bond donors (Lipinski definition) is 3. The van der Waals surface area contributed by atoms with E-state index >= 15 is 0 Å². The van der Waals surface area contributed by atoms with E-state index in [2.05, 4.69) is 15.6 Å². The van der Waals surface area contributed by atoms with Crippen LogP contribution in [-0.2, 0) is 22.5 Å². The van der Waals surface area contributed by atoms with E-state index in [1.54, 1.807) is 13.4 Å². The summed E-state index contributed by atoms with van der Waals surface area (Å²) in [6, 6.07) is 0. The number of hydrogen-bond acceptors (Lipinski definition) is 5. The maximum absolute atomic E-state index is 12.1. The van der Waals surface area contributed by atoms with Crippen molar-refractivity contribution in [3.8, 4) is 0 Å². The molecule has 0 aliphatic carbocycles. The number of amides is 2. The molecule has 1 aliphatic rings. The first-order valence-electron chi connectivity index (χ1n) is 7.37. The number of imidazole rings is 1. The molecule has 1 aromatic rings. The Hall–Kier alpha value is -1.93. The average molecular weight is 310 g/mol. The number of nitrogens with one attached hydrogen (secondary N) is 2. The normalized spacial score (nSPS) is 16.9. The van der Waals surface area contributed by atoms with Gasteiger partial charge in [-0.25, -0.2) is 4.98 Å². The quantitative estimate of drug-likeness (QED) is 0.556. The second kappa shape index (κ2) is 7.90. The molecule has 1 aliphatic heterocycles. The van der Waals surface area contributed by atoms with E-state index in [0.29, 0.717) is 38.2 Å². The van der Waals surface area contributed by atoms with Crippen LogP contribution in [0.1, 0.15) is 22.6 Å². The molecular weight excluding hydrogens is 288 g/mol. The van der Waals surface area contributed by atoms with Crippen LogP contribution in [0.25, 0.3) is 0 Å². The average Bonchev–Trinajstić information content (AvgIpc) is 2.95. The lowest BCUT2D eigenvalue weighted by Crippen LogP contribution is -2.37. The molecule has 0 saturated carbocycles. The van der Waals surface area contributed by atoms with E-state index < -0.39 is 0 Å². The minimum absolute atomic E-state index is 0.00248. The molecule has 0 radical (unpaired) electrons. The molecule has 8 heteroatoms. The van der Waals surface area contributed by atoms with Crippen molar-refractivity contribution in [2.75, 3.05) is 33.4 Å². The monoisotopic (exact) mass is 310 g/mol. The molecule has 22 heavy (non-hydrogen) atoms. The largest absolute Gasteiger partial charge is 0.395 e. The zero-order valence-corrected chi connectivity index (χ0v) is 12.7. The van der Waals surface area contributed by atoms with Crippen molar-refractivity contribution < 1.29 is 19.4 Å². The van der Waals surface area contributed by atoms with Crippen LogP contribution >= 0.6 is 0 Å². The van der Waals surface area contributed by atoms with Crippen molar-refractivity contribution in [2.45, 2.75) is 19.4 Å². The molecule has 1 atom stereocenters. The predicted molar refractivity (Wildman–Crippen MR) is 78.3 cm³/mol. The van der Waals surface area contributed by atoms with Crippen molar-refractivity contribution in [3.63, 3.8) is 0 Å². The van der Waals surface area contributed by atoms with E-state index in [9.17, 15) is 9.59 Å². The number of methoxy groups -OCH3 is 1. The summed E-state index contributed by atoms with van der Waals surface area (Å²) in [5.41, 5.74) is 1.23. The molecular formula is C14H22N4O4. The van der Waals surface area contributed by atoms with Crippen LogP contribution in [0.4, 0.5) is 0 Å². The molecule has 2 heterocycles. The maximum atomic E-state index is 12.1. The van der Waals surface area contributed by atoms with Gasteiger partial charge in [-0.3, -0.25) is 9.59 Å². The third-order valence-electron chi connectivity index (χ3n) is 3.68. The van der Waals surface area contributed by atoms with E-state index in [0.717, 1.165) is 5.69 Å². The van der Waals surface area contributed by atoms with Gasteiger partial charge in [0.25, 0.3) is 5.91 Å². The minimum Gasteiger partial charge on any atom is -0.395 e. The number of rotatable bonds is 7. The SMILES string of the molecule is COCCNC(=O)C1CCc2c(C(=O)NCCO)ncn2C1. The van der Waals surface area contributed by atoms with Crippen LogP contribution in [0.2, 0.25) is 0 Å². The Balaban J connectivity index is 1.96. The number of carbonyl (C=O) groups is 2. The van der Waals surface area contributed by atoms with Gasteiger partial charge in [0.2, 0.25) is 5.91 Å². The first kappa shape index (κ1) is 16.4. The Kier molecular flexibility index (Phi) is 5.91. The highest BCUT2D eigenvalue weighted by Gasteiger charge is 2.28. The lowest BCUT2D eigenvalue weighted by molar-refractivity contribution is -0.126. The van der Waals surface area contributed by atoms with Crippen molar-refractivity contribution >= 4 is 11.8 Å². The fourth-order valence-electron chi connectivity index (χ4n) is 2.54. The lowest BCUT2D eigenvalue weighted by atomic mass is 9.96. The highest BCUT2D eigenvalue weighted by Crippen LogP contribution is 2.22. The van der Waals surface area contributed by atoms with Crippen molar-refractivity contribution in [1.82, 2.24) is 20.2 Å². The number of aromatic nitrogens is 2. The van der Waals surface area contributed by atoms with Gasteiger partial charge in [0.05, 0.1) is 31.2 Å². The predicted octanol–water partition coefficient (Wildman–Crippen LogP) is -1.07. The smallest absolute Gasteiger partial charge is 0.271 e. The molecule has 2 rings (SSSR count). The molecule has 2 amide bonds. The molecule has 0 spiro atoms. The second-order valence-electron chi connectivity index (χ2n) is 5.19. The zero-order valence-electron chi connectivity index (χ0n) is 12.7. The molecule has 8 nitrogen and oxygen atoms in total. The topological polar surface area (TPSA) is 105 Å². The van der Waals surface area contributed by atoms with Crippen molar-refractivity contribution in [2.24, 2.45) is 5.92 Å². The Morgan fingerprint density at radius 3 is 3.00 bits per heavy atom. The van der Waals surface area contributed by atoms with E-state index in [1.807, 2.05) is 4.57 Å². The summed E-state index contributed by atoms with van der Waals surface area (Å²) >= 11 is 0. The third-order valence-corrected chi connectivity index (χ3v) is 3.68. The molecule has 3 N–H and O–H groups in total. The lowest BCUT2D eigenvalue weighted by Gasteiger charge is -2.23. The standard InChI is InChI=1S/C14H22N4O4/c1-22-7-5-16-13(20)10-2-3-11-12(14(21)15-4-6-19)17-9-18(11)8-10/h9-10,19H,2-8H2,1H3,(H,15,21)(H,16,20). The Bertz CT molecular complexity index is 529. The van der Waals surface area contributed by atoms with Gasteiger partial charge in [-0.05, 0) is 12.8 Å². The summed E-state index contributed by atoms with van der Waals surface area (Å²) < 4.78 is 6.76. The molecule has 0 aromatic carbocycles. The summed E-state index contributed by atoms with van der Waals surface area (Å²) in [4.78, 5) is 28.1. The fourth-order valence-corrected chi connectivity index (χ4v) is 2.54. The third kappa shape index (κ3) is 3.83. The van der Waals surface area contributed by atoms with Gasteiger partial charge in [0.15, 0.2) is 0 Å². The number of ether oxygens (including phenoxy) is 1. The van der Waals surface area contributed by atoms with E-state index in [4.69, 9.17) is 9.84 Å². The second-order valence-corrected chi connectivity index (χ2v) is 5.19. The Morgan fingerprint density at radius 2 is 2.27 bits per heavy atom. The van der Waals surface area contributed by atoms with E-state index in [1.165, 1.54) is 0 Å². The highest BCUT2D eigenvalue weighted by molar-refractivity contribution is 5.93. The number of nitrogens with zero attached hydrogens (tertiary/aromatic N) is 2. The van der Waals surface area contributed by atoms with Gasteiger partial charge < -0.3 is 25.0 Å². The number of aliphatic hydroxyl groups excluding tert-OH is 1. The zero-order chi connectivity index (χ0) is 15.9. The van der Waals surface area contributed by atoms with Gasteiger partial charge in [-0.2, -0.15) is 0 Å². The fraction of sp³-hybridized carbons (Fsp3) is 0.643. The molecule has 122 valence electrons. The maximum Gasteiger partial charge on any atom is 0.271 e. The van der Waals surface area contributed by atoms with Gasteiger partial charge in [-0.15, -0.1) is 0 Å². The first-order valence-corrected chi connectivity index (χ1v) is 7.37. The van der Waals surface area contributed by atoms with Crippen LogP contribution in [0.3, 0.4) is 0 Å². The van der Waals surface area contributed by atoms with Gasteiger partial charge in [0.1, 0.15) is 5.69 Å². The van der Waals surface area contributed by atoms with Crippen LogP contribution in [0.5, 0.6) is 0 Å². The van der Waals surface area contributed by atoms with Crippen LogP contribution < -0.4 is 10.6 Å². The Morgan fingerprint density at radius 1 is 1.45 bits per heavy atom. The highest BCUT2D eigenvalue weighted by atomic mass is 16.5. The summed E-state index contributed by atoms with van der Waals surface area (Å²) in [7, 11) is 1.59. The summed E-state index contributed by atoms with van der Waals surface area (Å²) in [6.07, 6.45) is 2.91. The molecule has 1 unspecified atom stereocenters. The summed E-state index contributed by atoms with van der Waals surface area (Å²) in [6.45, 7) is 1.61. The summed E-state index contributed by atoms with van der Waals surface area (Å²) in [5, 5.41) is 14.2. The van der Waals surface area contributed by atoms with Crippen molar-refractivity contribution in [1.29, 1.82) is 0 Å². The number of aliphatic hydroxyl groups is 1. The van der Waals surface area contributed by atoms with Crippen LogP contribution in [-0.4, -0.2) is 59.9 Å². The summed E-state index contributed by atoms with van der Waals surface area (Å²) in [5.74, 6) is -0.402. The molecule has 1 aromatic heterocycles. The number of carbonyl (C=O) groups excluding carboxylic acids is 2. The molecule has 0 bridgehead atoms. The van der Waals surface area contributed by atoms with E-state index in [-0.39, 0.29) is 30.9 Å². The molecule has 0 fully saturated rings. The number of fused-ring (bicyclic) bond motifs is 1. The van der Waals surface area contributed by atoms with Gasteiger partial charge >= 0.3 is 0 Å². The minimum atomic E-state index is -0.286. The van der Waals surface area contributed by atoms with Crippen LogP contribution in [0.15, 0.2) is 6.33 Å². The Labute approximate surface area is 128 Å². The van der Waals surface area contributed by atoms with Gasteiger partial charge in [0, 0.05) is 26.7 Å². The molecule has 0 saturated heterocycles. The first-order chi connectivity index (χ1) is 10.7. The van der Waals surface area contributed by atoms with Crippen molar-refractivity contribution in [3.05, 3.63) is 17.7 Å². The van der Waals surface area contributed by atoms with Gasteiger partial charge in [-0.1, -0.05) is 0 Å². The van der Waals surface area contributed by atoms with Crippen LogP contribution in [0, 0.1) is 5.92 Å².